The number of nitrogens with zero attached hydrogens (tertiary/aromatic N) is 2. The first-order chi connectivity index (χ1) is 9.24. The number of hydrogen-bond acceptors (Lipinski definition) is 3. The lowest BCUT2D eigenvalue weighted by Crippen LogP contribution is -2.13. The van der Waals surface area contributed by atoms with E-state index in [0.29, 0.717) is 11.3 Å². The molecule has 0 bridgehead atoms. The summed E-state index contributed by atoms with van der Waals surface area (Å²) in [6.07, 6.45) is 5.17. The minimum atomic E-state index is -0.203. The lowest BCUT2D eigenvalue weighted by Gasteiger charge is -2.00. The first-order valence-electron chi connectivity index (χ1n) is 5.90. The second-order valence-corrected chi connectivity index (χ2v) is 4.30. The molecule has 0 aliphatic carbocycles. The third-order valence-electron chi connectivity index (χ3n) is 2.86. The Labute approximate surface area is 110 Å². The smallest absolute Gasteiger partial charge is 0.273 e. The molecule has 1 aliphatic rings. The summed E-state index contributed by atoms with van der Waals surface area (Å²) in [5.74, 6) is -0.203. The first kappa shape index (κ1) is 11.4. The maximum absolute atomic E-state index is 11.8. The van der Waals surface area contributed by atoms with Crippen molar-refractivity contribution in [1.82, 2.24) is 15.4 Å². The summed E-state index contributed by atoms with van der Waals surface area (Å²) in [7, 11) is 0. The SMILES string of the molecule is Cc1ccc(/C=C2/C(=O)NN=C2c2cccnc2)[nH]1. The molecule has 1 aliphatic heterocycles. The predicted octanol–water partition coefficient (Wildman–Crippen LogP) is 1.64. The van der Waals surface area contributed by atoms with Crippen LogP contribution in [0.25, 0.3) is 6.08 Å². The van der Waals surface area contributed by atoms with Gasteiger partial charge >= 0.3 is 0 Å². The van der Waals surface area contributed by atoms with Crippen LogP contribution in [-0.4, -0.2) is 21.6 Å². The molecule has 5 nitrogen and oxygen atoms in total. The summed E-state index contributed by atoms with van der Waals surface area (Å²) in [6, 6.07) is 7.58. The third kappa shape index (κ3) is 2.18. The van der Waals surface area contributed by atoms with Crippen molar-refractivity contribution in [2.45, 2.75) is 6.92 Å². The number of pyridine rings is 1. The number of H-pyrrole nitrogens is 1. The average molecular weight is 252 g/mol. The zero-order valence-electron chi connectivity index (χ0n) is 10.3. The number of aromatic nitrogens is 2. The molecule has 0 aromatic carbocycles. The van der Waals surface area contributed by atoms with Gasteiger partial charge in [0.1, 0.15) is 5.71 Å². The van der Waals surface area contributed by atoms with Crippen molar-refractivity contribution in [2.24, 2.45) is 5.10 Å². The number of amides is 1. The normalized spacial score (nSPS) is 16.6. The first-order valence-corrected chi connectivity index (χ1v) is 5.90. The van der Waals surface area contributed by atoms with Crippen molar-refractivity contribution in [3.63, 3.8) is 0 Å². The Morgan fingerprint density at radius 2 is 2.16 bits per heavy atom. The van der Waals surface area contributed by atoms with Crippen molar-refractivity contribution >= 4 is 17.7 Å². The minimum Gasteiger partial charge on any atom is -0.359 e. The molecule has 0 saturated carbocycles. The number of hydrogen-bond donors (Lipinski definition) is 2. The monoisotopic (exact) mass is 252 g/mol. The van der Waals surface area contributed by atoms with Gasteiger partial charge in [-0.25, -0.2) is 5.43 Å². The topological polar surface area (TPSA) is 70.1 Å². The number of aryl methyl sites for hydroxylation is 1. The summed E-state index contributed by atoms with van der Waals surface area (Å²) < 4.78 is 0. The highest BCUT2D eigenvalue weighted by molar-refractivity contribution is 6.33. The van der Waals surface area contributed by atoms with E-state index in [1.807, 2.05) is 31.2 Å². The van der Waals surface area contributed by atoms with E-state index in [1.165, 1.54) is 0 Å². The molecule has 2 aromatic heterocycles. The lowest BCUT2D eigenvalue weighted by atomic mass is 10.0. The Morgan fingerprint density at radius 1 is 1.26 bits per heavy atom. The molecule has 19 heavy (non-hydrogen) atoms. The van der Waals surface area contributed by atoms with Gasteiger partial charge in [-0.3, -0.25) is 9.78 Å². The van der Waals surface area contributed by atoms with E-state index >= 15 is 0 Å². The average Bonchev–Trinajstić information content (AvgIpc) is 2.99. The van der Waals surface area contributed by atoms with E-state index in [1.54, 1.807) is 18.5 Å². The maximum atomic E-state index is 11.8. The van der Waals surface area contributed by atoms with Crippen LogP contribution in [0.5, 0.6) is 0 Å². The zero-order valence-corrected chi connectivity index (χ0v) is 10.3. The van der Waals surface area contributed by atoms with E-state index in [4.69, 9.17) is 0 Å². The van der Waals surface area contributed by atoms with Crippen molar-refractivity contribution in [3.8, 4) is 0 Å². The van der Waals surface area contributed by atoms with Crippen LogP contribution in [0.3, 0.4) is 0 Å². The molecule has 2 aromatic rings. The van der Waals surface area contributed by atoms with Gasteiger partial charge in [-0.15, -0.1) is 0 Å². The highest BCUT2D eigenvalue weighted by Crippen LogP contribution is 2.16. The van der Waals surface area contributed by atoms with Gasteiger partial charge in [0, 0.05) is 29.3 Å². The number of carbonyl (C=O) groups excluding carboxylic acids is 1. The van der Waals surface area contributed by atoms with E-state index < -0.39 is 0 Å². The fourth-order valence-corrected chi connectivity index (χ4v) is 1.96. The molecule has 0 radical (unpaired) electrons. The van der Waals surface area contributed by atoms with Gasteiger partial charge in [0.2, 0.25) is 0 Å². The van der Waals surface area contributed by atoms with Gasteiger partial charge in [-0.1, -0.05) is 0 Å². The van der Waals surface area contributed by atoms with Gasteiger partial charge in [-0.05, 0) is 37.3 Å². The number of rotatable bonds is 2. The maximum Gasteiger partial charge on any atom is 0.273 e. The molecule has 1 amide bonds. The molecule has 3 rings (SSSR count). The van der Waals surface area contributed by atoms with Crippen LogP contribution < -0.4 is 5.43 Å². The molecular formula is C14H12N4O. The third-order valence-corrected chi connectivity index (χ3v) is 2.86. The number of hydrazone groups is 1. The van der Waals surface area contributed by atoms with E-state index in [-0.39, 0.29) is 5.91 Å². The van der Waals surface area contributed by atoms with Crippen LogP contribution in [0.15, 0.2) is 47.3 Å². The number of aromatic amines is 1. The number of nitrogens with one attached hydrogen (secondary N) is 2. The lowest BCUT2D eigenvalue weighted by molar-refractivity contribution is -0.116. The standard InChI is InChI=1S/C14H12N4O/c1-9-4-5-11(16-9)7-12-13(17-18-14(12)19)10-3-2-6-15-8-10/h2-8,16H,1H3,(H,18,19)/b12-7+. The van der Waals surface area contributed by atoms with Crippen LogP contribution in [0.1, 0.15) is 17.0 Å². The minimum absolute atomic E-state index is 0.203. The molecule has 0 unspecified atom stereocenters. The van der Waals surface area contributed by atoms with Gasteiger partial charge < -0.3 is 4.98 Å². The van der Waals surface area contributed by atoms with E-state index in [9.17, 15) is 4.79 Å². The van der Waals surface area contributed by atoms with Gasteiger partial charge in [0.15, 0.2) is 0 Å². The predicted molar refractivity (Wildman–Crippen MR) is 72.4 cm³/mol. The van der Waals surface area contributed by atoms with Crippen LogP contribution >= 0.6 is 0 Å². The summed E-state index contributed by atoms with van der Waals surface area (Å²) in [4.78, 5) is 19.1. The summed E-state index contributed by atoms with van der Waals surface area (Å²) in [5, 5.41) is 4.07. The Hall–Kier alpha value is -2.69. The van der Waals surface area contributed by atoms with Crippen molar-refractivity contribution in [3.05, 3.63) is 59.2 Å². The molecule has 0 atom stereocenters. The summed E-state index contributed by atoms with van der Waals surface area (Å²) in [6.45, 7) is 1.97. The van der Waals surface area contributed by atoms with Crippen molar-refractivity contribution in [1.29, 1.82) is 0 Å². The van der Waals surface area contributed by atoms with Gasteiger partial charge in [0.25, 0.3) is 5.91 Å². The summed E-state index contributed by atoms with van der Waals surface area (Å²) in [5.41, 5.74) is 6.37. The zero-order chi connectivity index (χ0) is 13.2. The van der Waals surface area contributed by atoms with Crippen LogP contribution in [-0.2, 0) is 4.79 Å². The quantitative estimate of drug-likeness (QED) is 0.797. The Kier molecular flexibility index (Phi) is 2.72. The summed E-state index contributed by atoms with van der Waals surface area (Å²) >= 11 is 0. The van der Waals surface area contributed by atoms with Crippen LogP contribution in [0, 0.1) is 6.92 Å². The molecule has 5 heteroatoms. The number of carbonyl (C=O) groups is 1. The second-order valence-electron chi connectivity index (χ2n) is 4.30. The molecule has 0 saturated heterocycles. The largest absolute Gasteiger partial charge is 0.359 e. The molecular weight excluding hydrogens is 240 g/mol. The fourth-order valence-electron chi connectivity index (χ4n) is 1.96. The molecule has 0 spiro atoms. The highest BCUT2D eigenvalue weighted by atomic mass is 16.2. The Bertz CT molecular complexity index is 682. The molecule has 0 fully saturated rings. The molecule has 2 N–H and O–H groups in total. The molecule has 3 heterocycles. The van der Waals surface area contributed by atoms with E-state index in [0.717, 1.165) is 17.0 Å². The highest BCUT2D eigenvalue weighted by Gasteiger charge is 2.24. The van der Waals surface area contributed by atoms with Crippen molar-refractivity contribution < 1.29 is 4.79 Å². The van der Waals surface area contributed by atoms with Gasteiger partial charge in [0.05, 0.1) is 5.57 Å². The Balaban J connectivity index is 2.01. The van der Waals surface area contributed by atoms with Crippen LogP contribution in [0.4, 0.5) is 0 Å². The Morgan fingerprint density at radius 3 is 2.84 bits per heavy atom. The van der Waals surface area contributed by atoms with Crippen molar-refractivity contribution in [2.75, 3.05) is 0 Å². The van der Waals surface area contributed by atoms with Gasteiger partial charge in [-0.2, -0.15) is 5.10 Å². The molecule has 94 valence electrons. The second kappa shape index (κ2) is 4.53. The fraction of sp³-hybridized carbons (Fsp3) is 0.0714. The van der Waals surface area contributed by atoms with E-state index in [2.05, 4.69) is 20.5 Å². The van der Waals surface area contributed by atoms with Crippen LogP contribution in [0.2, 0.25) is 0 Å².